The van der Waals surface area contributed by atoms with Crippen molar-refractivity contribution in [1.29, 1.82) is 0 Å². The molecule has 7 nitrogen and oxygen atoms in total. The van der Waals surface area contributed by atoms with E-state index in [4.69, 9.17) is 37.7 Å². The number of methoxy groups -OCH3 is 1. The molecular weight excluding hydrogens is 585 g/mol. The Morgan fingerprint density at radius 1 is 0.953 bits per heavy atom. The number of amidine groups is 1. The summed E-state index contributed by atoms with van der Waals surface area (Å²) in [5.74, 6) is 1.46. The lowest BCUT2D eigenvalue weighted by atomic mass is 9.88. The minimum absolute atomic E-state index is 0.0253. The summed E-state index contributed by atoms with van der Waals surface area (Å²) in [4.78, 5) is 36.0. The van der Waals surface area contributed by atoms with Gasteiger partial charge in [0.05, 0.1) is 24.8 Å². The number of carbonyl (C=O) groups excluding carboxylic acids is 2. The number of aliphatic imine (C=N–C) groups is 1. The molecule has 2 aliphatic rings. The van der Waals surface area contributed by atoms with Crippen LogP contribution in [0.1, 0.15) is 69.3 Å². The maximum atomic E-state index is 14.8. The van der Waals surface area contributed by atoms with Gasteiger partial charge in [-0.15, -0.1) is 0 Å². The van der Waals surface area contributed by atoms with Crippen LogP contribution in [0.25, 0.3) is 0 Å². The quantitative estimate of drug-likeness (QED) is 0.274. The number of carbonyl (C=O) groups is 2. The highest BCUT2D eigenvalue weighted by Crippen LogP contribution is 2.46. The molecule has 4 unspecified atom stereocenters. The van der Waals surface area contributed by atoms with Gasteiger partial charge in [-0.05, 0) is 81.1 Å². The normalized spacial score (nSPS) is 22.0. The van der Waals surface area contributed by atoms with Crippen molar-refractivity contribution in [2.24, 2.45) is 10.9 Å². The van der Waals surface area contributed by atoms with Crippen molar-refractivity contribution >= 4 is 40.9 Å². The summed E-state index contributed by atoms with van der Waals surface area (Å²) in [6, 6.07) is 19.9. The number of ether oxygens (including phenoxy) is 2. The Kier molecular flexibility index (Phi) is 9.33. The third kappa shape index (κ3) is 6.53. The van der Waals surface area contributed by atoms with Crippen LogP contribution in [0.15, 0.2) is 71.7 Å². The highest BCUT2D eigenvalue weighted by molar-refractivity contribution is 6.30. The van der Waals surface area contributed by atoms with Crippen molar-refractivity contribution < 1.29 is 19.1 Å². The van der Waals surface area contributed by atoms with E-state index in [1.807, 2.05) is 97.3 Å². The van der Waals surface area contributed by atoms with Gasteiger partial charge in [-0.3, -0.25) is 19.5 Å². The average Bonchev–Trinajstić information content (AvgIpc) is 3.37. The van der Waals surface area contributed by atoms with Crippen LogP contribution < -0.4 is 9.47 Å². The van der Waals surface area contributed by atoms with E-state index in [1.54, 1.807) is 14.0 Å². The predicted molar refractivity (Wildman–Crippen MR) is 170 cm³/mol. The molecule has 3 aromatic carbocycles. The molecule has 0 bridgehead atoms. The van der Waals surface area contributed by atoms with Gasteiger partial charge in [0.15, 0.2) is 0 Å². The zero-order valence-corrected chi connectivity index (χ0v) is 26.6. The van der Waals surface area contributed by atoms with Crippen molar-refractivity contribution in [2.75, 3.05) is 13.7 Å². The van der Waals surface area contributed by atoms with Crippen LogP contribution >= 0.6 is 23.2 Å². The van der Waals surface area contributed by atoms with E-state index in [2.05, 4.69) is 0 Å². The molecule has 5 rings (SSSR count). The summed E-state index contributed by atoms with van der Waals surface area (Å²) in [5.41, 5.74) is 2.54. The van der Waals surface area contributed by atoms with Crippen LogP contribution in [0.3, 0.4) is 0 Å². The third-order valence-electron chi connectivity index (χ3n) is 8.15. The molecular formula is C34H37Cl2N3O4. The molecule has 1 fully saturated rings. The largest absolute Gasteiger partial charge is 0.497 e. The molecule has 0 N–H and O–H groups in total. The van der Waals surface area contributed by atoms with E-state index < -0.39 is 12.1 Å². The number of nitrogens with zero attached hydrogens (tertiary/aromatic N) is 3. The van der Waals surface area contributed by atoms with Crippen LogP contribution in [0.4, 0.5) is 0 Å². The summed E-state index contributed by atoms with van der Waals surface area (Å²) in [6.07, 6.45) is 1.02. The number of hydrogen-bond donors (Lipinski definition) is 0. The van der Waals surface area contributed by atoms with Crippen molar-refractivity contribution in [3.63, 3.8) is 0 Å². The summed E-state index contributed by atoms with van der Waals surface area (Å²) in [6.45, 7) is 8.03. The van der Waals surface area contributed by atoms with Gasteiger partial charge >= 0.3 is 0 Å². The Hall–Kier alpha value is -3.55. The maximum Gasteiger partial charge on any atom is 0.232 e. The molecule has 0 radical (unpaired) electrons. The Morgan fingerprint density at radius 2 is 1.58 bits per heavy atom. The first-order valence-corrected chi connectivity index (χ1v) is 15.4. The first-order chi connectivity index (χ1) is 20.6. The molecule has 1 saturated heterocycles. The number of hydrogen-bond acceptors (Lipinski definition) is 5. The van der Waals surface area contributed by atoms with Crippen molar-refractivity contribution in [2.45, 2.75) is 64.8 Å². The zero-order valence-electron chi connectivity index (χ0n) is 25.1. The summed E-state index contributed by atoms with van der Waals surface area (Å²) in [7, 11) is 1.61. The minimum atomic E-state index is -0.448. The fourth-order valence-electron chi connectivity index (χ4n) is 6.11. The number of rotatable bonds is 7. The Morgan fingerprint density at radius 3 is 2.14 bits per heavy atom. The molecule has 2 aliphatic heterocycles. The molecule has 226 valence electrons. The van der Waals surface area contributed by atoms with E-state index in [1.165, 1.54) is 0 Å². The van der Waals surface area contributed by atoms with Crippen molar-refractivity contribution in [3.05, 3.63) is 93.5 Å². The fraction of sp³-hybridized carbons (Fsp3) is 0.382. The molecule has 4 atom stereocenters. The molecule has 43 heavy (non-hydrogen) atoms. The maximum absolute atomic E-state index is 14.8. The van der Waals surface area contributed by atoms with Crippen LogP contribution in [-0.4, -0.2) is 53.3 Å². The van der Waals surface area contributed by atoms with Gasteiger partial charge in [0.25, 0.3) is 0 Å². The smallest absolute Gasteiger partial charge is 0.232 e. The Labute approximate surface area is 263 Å². The van der Waals surface area contributed by atoms with E-state index in [0.717, 1.165) is 11.1 Å². The third-order valence-corrected chi connectivity index (χ3v) is 8.65. The predicted octanol–water partition coefficient (Wildman–Crippen LogP) is 7.51. The fourth-order valence-corrected chi connectivity index (χ4v) is 6.37. The van der Waals surface area contributed by atoms with Crippen LogP contribution in [0, 0.1) is 5.92 Å². The minimum Gasteiger partial charge on any atom is -0.497 e. The Balaban J connectivity index is 1.67. The second-order valence-electron chi connectivity index (χ2n) is 11.5. The summed E-state index contributed by atoms with van der Waals surface area (Å²) in [5, 5.41) is 1.23. The number of likely N-dealkylation sites (tertiary alicyclic amines) is 1. The molecule has 3 aromatic rings. The SMILES string of the molecule is COc1ccc(C2=NC(c3ccc(Cl)cc3)C(c3ccc(Cl)cc3)N2C(=O)C2CCN(C(C)=O)C(C)C2)c(OC(C)C)c1. The number of halogens is 2. The van der Waals surface area contributed by atoms with Gasteiger partial charge in [0.1, 0.15) is 23.4 Å². The first-order valence-electron chi connectivity index (χ1n) is 14.6. The average molecular weight is 623 g/mol. The van der Waals surface area contributed by atoms with E-state index in [-0.39, 0.29) is 29.9 Å². The lowest BCUT2D eigenvalue weighted by Gasteiger charge is -2.39. The van der Waals surface area contributed by atoms with Crippen molar-refractivity contribution in [1.82, 2.24) is 9.80 Å². The van der Waals surface area contributed by atoms with Gasteiger partial charge < -0.3 is 14.4 Å². The molecule has 0 spiro atoms. The summed E-state index contributed by atoms with van der Waals surface area (Å²) >= 11 is 12.6. The molecule has 9 heteroatoms. The van der Waals surface area contributed by atoms with Crippen LogP contribution in [0.2, 0.25) is 10.0 Å². The second kappa shape index (κ2) is 13.0. The van der Waals surface area contributed by atoms with Gasteiger partial charge in [0, 0.05) is 41.5 Å². The van der Waals surface area contributed by atoms with Crippen molar-refractivity contribution in [3.8, 4) is 11.5 Å². The molecule has 0 aliphatic carbocycles. The van der Waals surface area contributed by atoms with Gasteiger partial charge in [0.2, 0.25) is 11.8 Å². The van der Waals surface area contributed by atoms with Crippen LogP contribution in [0.5, 0.6) is 11.5 Å². The highest BCUT2D eigenvalue weighted by atomic mass is 35.5. The lowest BCUT2D eigenvalue weighted by molar-refractivity contribution is -0.140. The number of amides is 2. The standard InChI is InChI=1S/C34H37Cl2N3O4/c1-20(2)43-30-19-28(42-5)14-15-29(30)33-37-31(23-6-10-26(35)11-7-23)32(24-8-12-27(36)13-9-24)39(33)34(41)25-16-17-38(22(4)40)21(3)18-25/h6-15,19-21,25,31-32H,16-18H2,1-5H3. The van der Waals surface area contributed by atoms with Gasteiger partial charge in [-0.25, -0.2) is 0 Å². The highest BCUT2D eigenvalue weighted by Gasteiger charge is 2.46. The van der Waals surface area contributed by atoms with Crippen LogP contribution in [-0.2, 0) is 9.59 Å². The first kappa shape index (κ1) is 30.9. The zero-order chi connectivity index (χ0) is 30.8. The Bertz CT molecular complexity index is 1510. The summed E-state index contributed by atoms with van der Waals surface area (Å²) < 4.78 is 11.8. The van der Waals surface area contributed by atoms with E-state index in [0.29, 0.717) is 52.3 Å². The van der Waals surface area contributed by atoms with Gasteiger partial charge in [-0.1, -0.05) is 47.5 Å². The lowest BCUT2D eigenvalue weighted by Crippen LogP contribution is -2.49. The second-order valence-corrected chi connectivity index (χ2v) is 12.3. The topological polar surface area (TPSA) is 71.4 Å². The molecule has 0 saturated carbocycles. The molecule has 2 amide bonds. The monoisotopic (exact) mass is 621 g/mol. The van der Waals surface area contributed by atoms with E-state index >= 15 is 0 Å². The van der Waals surface area contributed by atoms with Gasteiger partial charge in [-0.2, -0.15) is 0 Å². The number of benzene rings is 3. The van der Waals surface area contributed by atoms with E-state index in [9.17, 15) is 9.59 Å². The molecule has 0 aromatic heterocycles. The number of piperidine rings is 1. The molecule has 2 heterocycles.